The summed E-state index contributed by atoms with van der Waals surface area (Å²) >= 11 is 9.87. The van der Waals surface area contributed by atoms with Gasteiger partial charge in [0.1, 0.15) is 0 Å². The molecule has 1 N–H and O–H groups in total. The van der Waals surface area contributed by atoms with Gasteiger partial charge in [-0.3, -0.25) is 4.98 Å². The molecule has 3 rings (SSSR count). The molecule has 21 heavy (non-hydrogen) atoms. The maximum Gasteiger partial charge on any atom is 0.0595 e. The summed E-state index contributed by atoms with van der Waals surface area (Å²) in [4.78, 5) is 4.25. The van der Waals surface area contributed by atoms with Crippen LogP contribution in [0.15, 0.2) is 59.3 Å². The smallest absolute Gasteiger partial charge is 0.0595 e. The molecule has 0 spiro atoms. The van der Waals surface area contributed by atoms with E-state index in [1.54, 1.807) is 0 Å². The average Bonchev–Trinajstić information content (AvgIpc) is 2.50. The quantitative estimate of drug-likeness (QED) is 0.713. The van der Waals surface area contributed by atoms with E-state index in [-0.39, 0.29) is 6.04 Å². The fourth-order valence-electron chi connectivity index (χ4n) is 2.60. The SMILES string of the molecule is CNC(c1ccc(Br)cc1Cl)c1cccc2ccncc12. The van der Waals surface area contributed by atoms with Gasteiger partial charge in [0.05, 0.1) is 6.04 Å². The van der Waals surface area contributed by atoms with E-state index < -0.39 is 0 Å². The third kappa shape index (κ3) is 2.82. The zero-order chi connectivity index (χ0) is 14.8. The Balaban J connectivity index is 2.18. The largest absolute Gasteiger partial charge is 0.309 e. The molecule has 0 aliphatic carbocycles. The first-order valence-electron chi connectivity index (χ1n) is 6.65. The lowest BCUT2D eigenvalue weighted by Crippen LogP contribution is -2.18. The van der Waals surface area contributed by atoms with Crippen LogP contribution in [0.5, 0.6) is 0 Å². The Morgan fingerprint density at radius 3 is 2.76 bits per heavy atom. The van der Waals surface area contributed by atoms with Crippen LogP contribution in [0.25, 0.3) is 10.8 Å². The highest BCUT2D eigenvalue weighted by molar-refractivity contribution is 9.10. The zero-order valence-electron chi connectivity index (χ0n) is 11.5. The van der Waals surface area contributed by atoms with Crippen molar-refractivity contribution in [1.29, 1.82) is 0 Å². The molecule has 1 heterocycles. The second-order valence-corrected chi connectivity index (χ2v) is 6.15. The number of pyridine rings is 1. The Hall–Kier alpha value is -1.42. The summed E-state index contributed by atoms with van der Waals surface area (Å²) in [7, 11) is 1.94. The van der Waals surface area contributed by atoms with Crippen molar-refractivity contribution in [3.63, 3.8) is 0 Å². The summed E-state index contributed by atoms with van der Waals surface area (Å²) in [6, 6.07) is 14.3. The molecule has 1 unspecified atom stereocenters. The lowest BCUT2D eigenvalue weighted by molar-refractivity contribution is 0.697. The molecular weight excluding hydrogens is 348 g/mol. The molecule has 4 heteroatoms. The Kier molecular flexibility index (Phi) is 4.24. The minimum absolute atomic E-state index is 0.0264. The van der Waals surface area contributed by atoms with E-state index in [1.165, 1.54) is 10.9 Å². The molecular formula is C17H14BrClN2. The molecule has 1 aromatic heterocycles. The van der Waals surface area contributed by atoms with Gasteiger partial charge in [0, 0.05) is 27.3 Å². The molecule has 0 aliphatic heterocycles. The maximum absolute atomic E-state index is 6.42. The van der Waals surface area contributed by atoms with Crippen LogP contribution in [0, 0.1) is 0 Å². The number of nitrogens with one attached hydrogen (secondary N) is 1. The monoisotopic (exact) mass is 360 g/mol. The number of nitrogens with zero attached hydrogens (tertiary/aromatic N) is 1. The number of rotatable bonds is 3. The van der Waals surface area contributed by atoms with Crippen molar-refractivity contribution in [1.82, 2.24) is 10.3 Å². The number of halogens is 2. The van der Waals surface area contributed by atoms with Crippen molar-refractivity contribution in [2.24, 2.45) is 0 Å². The Morgan fingerprint density at radius 1 is 1.14 bits per heavy atom. The van der Waals surface area contributed by atoms with E-state index in [0.29, 0.717) is 0 Å². The Bertz CT molecular complexity index is 783. The van der Waals surface area contributed by atoms with Gasteiger partial charge in [0.2, 0.25) is 0 Å². The van der Waals surface area contributed by atoms with Gasteiger partial charge in [-0.2, -0.15) is 0 Å². The van der Waals surface area contributed by atoms with E-state index in [0.717, 1.165) is 20.4 Å². The average molecular weight is 362 g/mol. The number of aromatic nitrogens is 1. The van der Waals surface area contributed by atoms with Crippen LogP contribution in [0.4, 0.5) is 0 Å². The van der Waals surface area contributed by atoms with Gasteiger partial charge >= 0.3 is 0 Å². The van der Waals surface area contributed by atoms with Gasteiger partial charge in [0.15, 0.2) is 0 Å². The zero-order valence-corrected chi connectivity index (χ0v) is 13.8. The highest BCUT2D eigenvalue weighted by Crippen LogP contribution is 2.33. The molecule has 0 bridgehead atoms. The minimum Gasteiger partial charge on any atom is -0.309 e. The van der Waals surface area contributed by atoms with Gasteiger partial charge in [-0.1, -0.05) is 51.8 Å². The van der Waals surface area contributed by atoms with Crippen LogP contribution in [-0.2, 0) is 0 Å². The number of fused-ring (bicyclic) bond motifs is 1. The third-order valence-electron chi connectivity index (χ3n) is 3.59. The summed E-state index contributed by atoms with van der Waals surface area (Å²) in [5.41, 5.74) is 2.23. The van der Waals surface area contributed by atoms with Gasteiger partial charge in [-0.25, -0.2) is 0 Å². The molecule has 2 aromatic carbocycles. The van der Waals surface area contributed by atoms with Crippen LogP contribution < -0.4 is 5.32 Å². The van der Waals surface area contributed by atoms with Crippen molar-refractivity contribution in [2.75, 3.05) is 7.05 Å². The standard InChI is InChI=1S/C17H14BrClN2/c1-20-17(14-6-5-12(18)9-16(14)19)13-4-2-3-11-7-8-21-10-15(11)13/h2-10,17,20H,1H3. The molecule has 0 amide bonds. The van der Waals surface area contributed by atoms with E-state index in [2.05, 4.69) is 44.4 Å². The van der Waals surface area contributed by atoms with Crippen molar-refractivity contribution in [3.8, 4) is 0 Å². The summed E-state index contributed by atoms with van der Waals surface area (Å²) < 4.78 is 0.977. The fraction of sp³-hybridized carbons (Fsp3) is 0.118. The van der Waals surface area contributed by atoms with Crippen molar-refractivity contribution in [2.45, 2.75) is 6.04 Å². The molecule has 0 saturated heterocycles. The fourth-order valence-corrected chi connectivity index (χ4v) is 3.39. The lowest BCUT2D eigenvalue weighted by atomic mass is 9.95. The van der Waals surface area contributed by atoms with Crippen molar-refractivity contribution in [3.05, 3.63) is 75.5 Å². The first kappa shape index (κ1) is 14.5. The van der Waals surface area contributed by atoms with E-state index in [4.69, 9.17) is 11.6 Å². The molecule has 106 valence electrons. The van der Waals surface area contributed by atoms with Gasteiger partial charge in [-0.15, -0.1) is 0 Å². The van der Waals surface area contributed by atoms with Crippen LogP contribution in [0.3, 0.4) is 0 Å². The van der Waals surface area contributed by atoms with Crippen LogP contribution in [0.2, 0.25) is 5.02 Å². The lowest BCUT2D eigenvalue weighted by Gasteiger charge is -2.20. The molecule has 1 atom stereocenters. The third-order valence-corrected chi connectivity index (χ3v) is 4.41. The second kappa shape index (κ2) is 6.14. The summed E-state index contributed by atoms with van der Waals surface area (Å²) in [6.07, 6.45) is 3.72. The maximum atomic E-state index is 6.42. The number of benzene rings is 2. The van der Waals surface area contributed by atoms with E-state index >= 15 is 0 Å². The summed E-state index contributed by atoms with van der Waals surface area (Å²) in [5, 5.41) is 6.41. The molecule has 0 radical (unpaired) electrons. The van der Waals surface area contributed by atoms with Gasteiger partial charge in [-0.05, 0) is 41.8 Å². The molecule has 0 saturated carbocycles. The highest BCUT2D eigenvalue weighted by atomic mass is 79.9. The van der Waals surface area contributed by atoms with Crippen molar-refractivity contribution >= 4 is 38.3 Å². The van der Waals surface area contributed by atoms with E-state index in [1.807, 2.05) is 43.7 Å². The van der Waals surface area contributed by atoms with Gasteiger partial charge in [0.25, 0.3) is 0 Å². The topological polar surface area (TPSA) is 24.9 Å². The Labute approximate surface area is 137 Å². The highest BCUT2D eigenvalue weighted by Gasteiger charge is 2.17. The summed E-state index contributed by atoms with van der Waals surface area (Å²) in [5.74, 6) is 0. The second-order valence-electron chi connectivity index (χ2n) is 4.83. The predicted octanol–water partition coefficient (Wildman–Crippen LogP) is 4.96. The minimum atomic E-state index is 0.0264. The first-order valence-corrected chi connectivity index (χ1v) is 7.82. The van der Waals surface area contributed by atoms with Crippen molar-refractivity contribution < 1.29 is 0 Å². The molecule has 3 aromatic rings. The normalized spacial score (nSPS) is 12.5. The Morgan fingerprint density at radius 2 is 2.00 bits per heavy atom. The first-order chi connectivity index (χ1) is 10.2. The predicted molar refractivity (Wildman–Crippen MR) is 91.8 cm³/mol. The number of hydrogen-bond donors (Lipinski definition) is 1. The van der Waals surface area contributed by atoms with Gasteiger partial charge < -0.3 is 5.32 Å². The van der Waals surface area contributed by atoms with E-state index in [9.17, 15) is 0 Å². The summed E-state index contributed by atoms with van der Waals surface area (Å²) in [6.45, 7) is 0. The number of hydrogen-bond acceptors (Lipinski definition) is 2. The van der Waals surface area contributed by atoms with Crippen LogP contribution in [-0.4, -0.2) is 12.0 Å². The molecule has 2 nitrogen and oxygen atoms in total. The molecule has 0 fully saturated rings. The molecule has 0 aliphatic rings. The van der Waals surface area contributed by atoms with Crippen LogP contribution in [0.1, 0.15) is 17.2 Å². The van der Waals surface area contributed by atoms with Crippen LogP contribution >= 0.6 is 27.5 Å².